The molecule has 2 amide bonds. The van der Waals surface area contributed by atoms with E-state index >= 15 is 0 Å². The lowest BCUT2D eigenvalue weighted by molar-refractivity contribution is 0.0761. The van der Waals surface area contributed by atoms with Crippen LogP contribution in [0.3, 0.4) is 0 Å². The van der Waals surface area contributed by atoms with Crippen LogP contribution in [0, 0.1) is 5.41 Å². The Morgan fingerprint density at radius 2 is 2.03 bits per heavy atom. The Bertz CT molecular complexity index is 983. The number of fused-ring (bicyclic) bond motifs is 1. The molecule has 158 valence electrons. The first-order valence-corrected chi connectivity index (χ1v) is 12.0. The van der Waals surface area contributed by atoms with Gasteiger partial charge in [0.05, 0.1) is 11.1 Å². The minimum absolute atomic E-state index is 0.0762. The van der Waals surface area contributed by atoms with E-state index in [2.05, 4.69) is 16.7 Å². The third-order valence-corrected chi connectivity index (χ3v) is 8.33. The smallest absolute Gasteiger partial charge is 0.263 e. The first-order chi connectivity index (χ1) is 14.5. The predicted molar refractivity (Wildman–Crippen MR) is 119 cm³/mol. The van der Waals surface area contributed by atoms with E-state index < -0.39 is 0 Å². The fraction of sp³-hybridized carbons (Fsp3) is 0.478. The van der Waals surface area contributed by atoms with Crippen LogP contribution in [0.4, 0.5) is 0 Å². The van der Waals surface area contributed by atoms with E-state index in [0.717, 1.165) is 69.4 Å². The highest BCUT2D eigenvalue weighted by Gasteiger charge is 2.40. The van der Waals surface area contributed by atoms with Crippen molar-refractivity contribution in [3.05, 3.63) is 56.2 Å². The van der Waals surface area contributed by atoms with Gasteiger partial charge in [-0.25, -0.2) is 0 Å². The summed E-state index contributed by atoms with van der Waals surface area (Å²) in [4.78, 5) is 28.4. The van der Waals surface area contributed by atoms with Crippen molar-refractivity contribution in [2.75, 3.05) is 26.2 Å². The molecule has 1 aromatic carbocycles. The number of rotatable bonds is 3. The summed E-state index contributed by atoms with van der Waals surface area (Å²) in [5, 5.41) is 8.85. The fourth-order valence-corrected chi connectivity index (χ4v) is 6.27. The summed E-state index contributed by atoms with van der Waals surface area (Å²) in [6.45, 7) is 3.81. The Morgan fingerprint density at radius 1 is 1.20 bits per heavy atom. The fourth-order valence-electron chi connectivity index (χ4n) is 5.22. The van der Waals surface area contributed by atoms with Gasteiger partial charge in [-0.15, -0.1) is 11.3 Å². The number of benzene rings is 1. The summed E-state index contributed by atoms with van der Waals surface area (Å²) in [6, 6.07) is 7.68. The molecule has 2 aromatic rings. The van der Waals surface area contributed by atoms with E-state index in [1.807, 2.05) is 22.4 Å². The minimum atomic E-state index is -0.142. The van der Waals surface area contributed by atoms with Crippen LogP contribution in [0.15, 0.2) is 29.6 Å². The highest BCUT2D eigenvalue weighted by atomic mass is 35.5. The van der Waals surface area contributed by atoms with Crippen LogP contribution in [0.25, 0.3) is 0 Å². The van der Waals surface area contributed by atoms with Crippen LogP contribution in [0.1, 0.15) is 62.9 Å². The number of halogens is 1. The second-order valence-corrected chi connectivity index (χ2v) is 10.1. The molecule has 7 heteroatoms. The molecule has 0 saturated carbocycles. The number of nitrogens with zero attached hydrogens (tertiary/aromatic N) is 1. The number of thiophene rings is 1. The Hall–Kier alpha value is -1.89. The molecule has 5 nitrogen and oxygen atoms in total. The summed E-state index contributed by atoms with van der Waals surface area (Å²) in [6.07, 6.45) is 5.17. The molecule has 1 aromatic heterocycles. The number of carbonyl (C=O) groups excluding carboxylic acids is 2. The molecule has 3 aliphatic rings. The van der Waals surface area contributed by atoms with E-state index in [9.17, 15) is 9.59 Å². The molecule has 2 aliphatic heterocycles. The number of piperidine rings is 1. The maximum atomic E-state index is 13.2. The first-order valence-electron chi connectivity index (χ1n) is 10.7. The highest BCUT2D eigenvalue weighted by molar-refractivity contribution is 7.12. The summed E-state index contributed by atoms with van der Waals surface area (Å²) in [5.74, 6) is -0.0246. The van der Waals surface area contributed by atoms with Gasteiger partial charge in [0.1, 0.15) is 4.88 Å². The third kappa shape index (κ3) is 3.66. The van der Waals surface area contributed by atoms with E-state index in [0.29, 0.717) is 15.3 Å². The minimum Gasteiger partial charge on any atom is -0.344 e. The lowest BCUT2D eigenvalue weighted by Gasteiger charge is -2.33. The summed E-state index contributed by atoms with van der Waals surface area (Å²) in [7, 11) is 0. The molecule has 1 aliphatic carbocycles. The SMILES string of the molecule is O=C(NC1CCc2ccc(C(=O)N3CCC4(CCNCC4)C3)cc21)c1sccc1Cl. The van der Waals surface area contributed by atoms with Crippen LogP contribution >= 0.6 is 22.9 Å². The van der Waals surface area contributed by atoms with Crippen molar-refractivity contribution in [2.24, 2.45) is 5.41 Å². The first kappa shape index (κ1) is 20.0. The van der Waals surface area contributed by atoms with Crippen molar-refractivity contribution in [1.29, 1.82) is 0 Å². The average Bonchev–Trinajstić information content (AvgIpc) is 3.47. The van der Waals surface area contributed by atoms with Crippen molar-refractivity contribution in [1.82, 2.24) is 15.5 Å². The number of nitrogens with one attached hydrogen (secondary N) is 2. The molecule has 0 radical (unpaired) electrons. The van der Waals surface area contributed by atoms with E-state index in [-0.39, 0.29) is 17.9 Å². The van der Waals surface area contributed by atoms with Gasteiger partial charge in [0.25, 0.3) is 11.8 Å². The number of aryl methyl sites for hydroxylation is 1. The van der Waals surface area contributed by atoms with Gasteiger partial charge < -0.3 is 15.5 Å². The zero-order valence-electron chi connectivity index (χ0n) is 16.9. The Balaban J connectivity index is 1.31. The van der Waals surface area contributed by atoms with Crippen LogP contribution in [0.2, 0.25) is 5.02 Å². The van der Waals surface area contributed by atoms with Gasteiger partial charge in [0, 0.05) is 18.7 Å². The zero-order chi connectivity index (χ0) is 20.7. The lowest BCUT2D eigenvalue weighted by atomic mass is 9.78. The Kier molecular flexibility index (Phi) is 5.33. The Morgan fingerprint density at radius 3 is 2.80 bits per heavy atom. The number of amides is 2. The zero-order valence-corrected chi connectivity index (χ0v) is 18.5. The third-order valence-electron chi connectivity index (χ3n) is 6.99. The number of likely N-dealkylation sites (tertiary alicyclic amines) is 1. The van der Waals surface area contributed by atoms with Crippen molar-refractivity contribution < 1.29 is 9.59 Å². The number of hydrogen-bond donors (Lipinski definition) is 2. The number of carbonyl (C=O) groups is 2. The molecule has 3 heterocycles. The van der Waals surface area contributed by atoms with Crippen LogP contribution in [0.5, 0.6) is 0 Å². The number of hydrogen-bond acceptors (Lipinski definition) is 4. The van der Waals surface area contributed by atoms with Gasteiger partial charge in [-0.05, 0) is 85.3 Å². The molecular formula is C23H26ClN3O2S. The molecule has 2 N–H and O–H groups in total. The van der Waals surface area contributed by atoms with Gasteiger partial charge in [-0.3, -0.25) is 9.59 Å². The average molecular weight is 444 g/mol. The van der Waals surface area contributed by atoms with Crippen molar-refractivity contribution in [2.45, 2.75) is 38.1 Å². The topological polar surface area (TPSA) is 61.4 Å². The van der Waals surface area contributed by atoms with Crippen molar-refractivity contribution in [3.8, 4) is 0 Å². The van der Waals surface area contributed by atoms with E-state index in [1.165, 1.54) is 16.9 Å². The molecule has 1 atom stereocenters. The summed E-state index contributed by atoms with van der Waals surface area (Å²) >= 11 is 7.47. The molecular weight excluding hydrogens is 418 g/mol. The quantitative estimate of drug-likeness (QED) is 0.752. The molecule has 1 spiro atoms. The highest BCUT2D eigenvalue weighted by Crippen LogP contribution is 2.39. The molecule has 0 bridgehead atoms. The van der Waals surface area contributed by atoms with Gasteiger partial charge in [-0.2, -0.15) is 0 Å². The maximum absolute atomic E-state index is 13.2. The van der Waals surface area contributed by atoms with E-state index in [4.69, 9.17) is 11.6 Å². The maximum Gasteiger partial charge on any atom is 0.263 e. The van der Waals surface area contributed by atoms with Gasteiger partial charge in [0.2, 0.25) is 0 Å². The van der Waals surface area contributed by atoms with Gasteiger partial charge >= 0.3 is 0 Å². The van der Waals surface area contributed by atoms with Gasteiger partial charge in [0.15, 0.2) is 0 Å². The molecule has 2 fully saturated rings. The second-order valence-electron chi connectivity index (χ2n) is 8.80. The molecule has 1 unspecified atom stereocenters. The van der Waals surface area contributed by atoms with Crippen molar-refractivity contribution >= 4 is 34.8 Å². The summed E-state index contributed by atoms with van der Waals surface area (Å²) < 4.78 is 0. The van der Waals surface area contributed by atoms with Crippen LogP contribution in [-0.4, -0.2) is 42.9 Å². The molecule has 5 rings (SSSR count). The van der Waals surface area contributed by atoms with Crippen LogP contribution < -0.4 is 10.6 Å². The Labute approximate surface area is 185 Å². The monoisotopic (exact) mass is 443 g/mol. The molecule has 2 saturated heterocycles. The van der Waals surface area contributed by atoms with Crippen molar-refractivity contribution in [3.63, 3.8) is 0 Å². The largest absolute Gasteiger partial charge is 0.344 e. The van der Waals surface area contributed by atoms with E-state index in [1.54, 1.807) is 6.07 Å². The van der Waals surface area contributed by atoms with Crippen LogP contribution in [-0.2, 0) is 6.42 Å². The van der Waals surface area contributed by atoms with Gasteiger partial charge in [-0.1, -0.05) is 17.7 Å². The summed E-state index contributed by atoms with van der Waals surface area (Å²) in [5.41, 5.74) is 3.31. The second kappa shape index (κ2) is 7.98. The lowest BCUT2D eigenvalue weighted by Crippen LogP contribution is -2.39. The standard InChI is InChI=1S/C23H26ClN3O2S/c24-18-5-12-30-20(18)21(28)26-19-4-3-15-1-2-16(13-17(15)19)22(29)27-11-8-23(14-27)6-9-25-10-7-23/h1-2,5,12-13,19,25H,3-4,6-11,14H2,(H,26,28). The molecule has 30 heavy (non-hydrogen) atoms. The predicted octanol–water partition coefficient (Wildman–Crippen LogP) is 4.03. The normalized spacial score (nSPS) is 22.3.